The molecule has 2 rings (SSSR count). The summed E-state index contributed by atoms with van der Waals surface area (Å²) in [6.45, 7) is 1.44. The van der Waals surface area contributed by atoms with Gasteiger partial charge in [-0.1, -0.05) is 0 Å². The van der Waals surface area contributed by atoms with Crippen molar-refractivity contribution in [2.24, 2.45) is 4.99 Å². The molecule has 1 atom stereocenters. The Morgan fingerprint density at radius 1 is 1.63 bits per heavy atom. The second-order valence-electron chi connectivity index (χ2n) is 4.21. The lowest BCUT2D eigenvalue weighted by Gasteiger charge is -2.22. The van der Waals surface area contributed by atoms with Crippen LogP contribution in [0.1, 0.15) is 6.92 Å². The van der Waals surface area contributed by atoms with Crippen molar-refractivity contribution < 1.29 is 14.8 Å². The van der Waals surface area contributed by atoms with E-state index in [2.05, 4.69) is 4.99 Å². The number of benzene rings is 1. The SMILES string of the molecule is COc1cc([N+](=O)[O-])cc2c1=NCC(O)(C#N)C=2C. The molecule has 0 bridgehead atoms. The number of nitriles is 1. The number of methoxy groups -OCH3 is 1. The fourth-order valence-electron chi connectivity index (χ4n) is 1.96. The zero-order chi connectivity index (χ0) is 14.2. The van der Waals surface area contributed by atoms with Crippen LogP contribution in [0.5, 0.6) is 5.75 Å². The van der Waals surface area contributed by atoms with E-state index >= 15 is 0 Å². The molecule has 1 heterocycles. The molecular formula is C12H11N3O4. The van der Waals surface area contributed by atoms with Crippen LogP contribution in [0.15, 0.2) is 17.1 Å². The molecule has 1 aliphatic heterocycles. The molecule has 19 heavy (non-hydrogen) atoms. The first-order chi connectivity index (χ1) is 8.92. The maximum Gasteiger partial charge on any atom is 0.273 e. The average molecular weight is 261 g/mol. The Morgan fingerprint density at radius 2 is 2.32 bits per heavy atom. The van der Waals surface area contributed by atoms with E-state index in [1.807, 2.05) is 0 Å². The van der Waals surface area contributed by atoms with Crippen LogP contribution < -0.4 is 15.3 Å². The summed E-state index contributed by atoms with van der Waals surface area (Å²) in [6.07, 6.45) is 0. The van der Waals surface area contributed by atoms with Crippen LogP contribution in [0.2, 0.25) is 0 Å². The van der Waals surface area contributed by atoms with Crippen molar-refractivity contribution in [2.45, 2.75) is 12.5 Å². The standard InChI is InChI=1S/C12H11N3O4/c1-7-9-3-8(15(17)18)4-10(19-2)11(9)14-6-12(7,16)5-13/h3-4,16H,6H2,1-2H3. The van der Waals surface area contributed by atoms with Crippen molar-refractivity contribution in [3.8, 4) is 11.8 Å². The van der Waals surface area contributed by atoms with Crippen LogP contribution in [-0.2, 0) is 0 Å². The molecule has 1 unspecified atom stereocenters. The van der Waals surface area contributed by atoms with Crippen LogP contribution in [0.3, 0.4) is 0 Å². The van der Waals surface area contributed by atoms with Crippen LogP contribution in [-0.4, -0.2) is 29.3 Å². The van der Waals surface area contributed by atoms with Gasteiger partial charge < -0.3 is 9.84 Å². The zero-order valence-electron chi connectivity index (χ0n) is 10.4. The maximum atomic E-state index is 10.9. The summed E-state index contributed by atoms with van der Waals surface area (Å²) in [6, 6.07) is 4.33. The normalized spacial score (nSPS) is 21.1. The average Bonchev–Trinajstić information content (AvgIpc) is 2.41. The summed E-state index contributed by atoms with van der Waals surface area (Å²) < 4.78 is 5.08. The Morgan fingerprint density at radius 3 is 2.84 bits per heavy atom. The van der Waals surface area contributed by atoms with E-state index in [4.69, 9.17) is 10.00 Å². The smallest absolute Gasteiger partial charge is 0.273 e. The van der Waals surface area contributed by atoms with Gasteiger partial charge in [-0.2, -0.15) is 5.26 Å². The third kappa shape index (κ3) is 1.92. The molecule has 0 amide bonds. The van der Waals surface area contributed by atoms with Gasteiger partial charge in [-0.3, -0.25) is 15.1 Å². The van der Waals surface area contributed by atoms with Gasteiger partial charge in [0.1, 0.15) is 11.4 Å². The molecule has 1 aliphatic rings. The van der Waals surface area contributed by atoms with Crippen LogP contribution in [0, 0.1) is 21.4 Å². The molecule has 0 saturated heterocycles. The second kappa shape index (κ2) is 4.33. The van der Waals surface area contributed by atoms with Crippen LogP contribution in [0.25, 0.3) is 5.57 Å². The fourth-order valence-corrected chi connectivity index (χ4v) is 1.96. The first-order valence-electron chi connectivity index (χ1n) is 5.45. The van der Waals surface area contributed by atoms with Crippen molar-refractivity contribution in [1.29, 1.82) is 5.26 Å². The molecule has 7 heteroatoms. The van der Waals surface area contributed by atoms with E-state index in [0.29, 0.717) is 16.1 Å². The first-order valence-corrected chi connectivity index (χ1v) is 5.45. The van der Waals surface area contributed by atoms with Crippen molar-refractivity contribution >= 4 is 11.3 Å². The summed E-state index contributed by atoms with van der Waals surface area (Å²) in [5, 5.41) is 30.8. The minimum atomic E-state index is -1.73. The summed E-state index contributed by atoms with van der Waals surface area (Å²) in [5.74, 6) is 0.253. The minimum absolute atomic E-state index is 0.115. The topological polar surface area (TPSA) is 109 Å². The monoisotopic (exact) mass is 261 g/mol. The molecule has 0 spiro atoms. The van der Waals surface area contributed by atoms with E-state index in [-0.39, 0.29) is 18.0 Å². The molecule has 7 nitrogen and oxygen atoms in total. The van der Waals surface area contributed by atoms with Gasteiger partial charge in [-0.25, -0.2) is 0 Å². The molecule has 1 aromatic carbocycles. The zero-order valence-corrected chi connectivity index (χ0v) is 10.4. The first kappa shape index (κ1) is 13.0. The molecule has 0 aliphatic carbocycles. The predicted octanol–water partition coefficient (Wildman–Crippen LogP) is -0.338. The van der Waals surface area contributed by atoms with Crippen molar-refractivity contribution in [1.82, 2.24) is 0 Å². The van der Waals surface area contributed by atoms with Gasteiger partial charge in [0.25, 0.3) is 5.69 Å². The third-order valence-corrected chi connectivity index (χ3v) is 3.17. The Hall–Kier alpha value is -2.46. The van der Waals surface area contributed by atoms with Crippen LogP contribution in [0.4, 0.5) is 5.69 Å². The lowest BCUT2D eigenvalue weighted by atomic mass is 9.92. The summed E-state index contributed by atoms with van der Waals surface area (Å²) in [7, 11) is 1.38. The summed E-state index contributed by atoms with van der Waals surface area (Å²) >= 11 is 0. The largest absolute Gasteiger partial charge is 0.494 e. The molecule has 0 radical (unpaired) electrons. The summed E-state index contributed by atoms with van der Waals surface area (Å²) in [5.41, 5.74) is -1.57. The van der Waals surface area contributed by atoms with E-state index in [0.717, 1.165) is 0 Å². The Balaban J connectivity index is 2.91. The van der Waals surface area contributed by atoms with Crippen molar-refractivity contribution in [3.05, 3.63) is 32.8 Å². The van der Waals surface area contributed by atoms with E-state index in [1.165, 1.54) is 19.2 Å². The number of nitrogens with zero attached hydrogens (tertiary/aromatic N) is 3. The quantitative estimate of drug-likeness (QED) is 0.445. The lowest BCUT2D eigenvalue weighted by molar-refractivity contribution is -0.385. The van der Waals surface area contributed by atoms with Gasteiger partial charge in [-0.05, 0) is 12.5 Å². The highest BCUT2D eigenvalue weighted by Gasteiger charge is 2.32. The summed E-state index contributed by atoms with van der Waals surface area (Å²) in [4.78, 5) is 14.4. The van der Waals surface area contributed by atoms with E-state index < -0.39 is 10.5 Å². The fraction of sp³-hybridized carbons (Fsp3) is 0.333. The van der Waals surface area contributed by atoms with Gasteiger partial charge in [0.15, 0.2) is 11.4 Å². The Labute approximate surface area is 108 Å². The maximum absolute atomic E-state index is 10.9. The molecule has 98 valence electrons. The molecule has 0 saturated carbocycles. The number of rotatable bonds is 2. The molecule has 1 aromatic rings. The molecule has 0 fully saturated rings. The minimum Gasteiger partial charge on any atom is -0.494 e. The van der Waals surface area contributed by atoms with Gasteiger partial charge in [0.2, 0.25) is 0 Å². The van der Waals surface area contributed by atoms with Gasteiger partial charge >= 0.3 is 0 Å². The predicted molar refractivity (Wildman–Crippen MR) is 64.9 cm³/mol. The number of aliphatic hydroxyl groups is 1. The lowest BCUT2D eigenvalue weighted by Crippen LogP contribution is -2.45. The highest BCUT2D eigenvalue weighted by Crippen LogP contribution is 2.20. The van der Waals surface area contributed by atoms with Crippen molar-refractivity contribution in [2.75, 3.05) is 13.7 Å². The molecule has 0 aromatic heterocycles. The Bertz CT molecular complexity index is 720. The van der Waals surface area contributed by atoms with Crippen LogP contribution >= 0.6 is 0 Å². The third-order valence-electron chi connectivity index (χ3n) is 3.17. The number of hydrogen-bond donors (Lipinski definition) is 1. The highest BCUT2D eigenvalue weighted by atomic mass is 16.6. The number of hydrogen-bond acceptors (Lipinski definition) is 6. The number of non-ortho nitro benzene ring substituents is 1. The number of fused-ring (bicyclic) bond motifs is 1. The van der Waals surface area contributed by atoms with Crippen molar-refractivity contribution in [3.63, 3.8) is 0 Å². The number of ether oxygens (including phenoxy) is 1. The molecular weight excluding hydrogens is 250 g/mol. The number of nitro benzene ring substituents is 1. The van der Waals surface area contributed by atoms with E-state index in [1.54, 1.807) is 13.0 Å². The van der Waals surface area contributed by atoms with Gasteiger partial charge in [0.05, 0.1) is 24.6 Å². The highest BCUT2D eigenvalue weighted by molar-refractivity contribution is 5.60. The molecule has 1 N–H and O–H groups in total. The van der Waals surface area contributed by atoms with Gasteiger partial charge in [0, 0.05) is 11.3 Å². The van der Waals surface area contributed by atoms with Gasteiger partial charge in [-0.15, -0.1) is 0 Å². The Kier molecular flexibility index (Phi) is 2.96. The van der Waals surface area contributed by atoms with E-state index in [9.17, 15) is 15.2 Å². The number of nitro groups is 1. The second-order valence-corrected chi connectivity index (χ2v) is 4.21.